The monoisotopic (exact) mass is 301 g/mol. The van der Waals surface area contributed by atoms with Gasteiger partial charge < -0.3 is 12.7 Å². The zero-order valence-corrected chi connectivity index (χ0v) is 13.1. The van der Waals surface area contributed by atoms with Crippen LogP contribution in [0.4, 0.5) is 0 Å². The molecule has 0 aliphatic heterocycles. The zero-order chi connectivity index (χ0) is 12.1. The Bertz CT molecular complexity index is 295. The van der Waals surface area contributed by atoms with Gasteiger partial charge in [-0.2, -0.15) is 72.3 Å². The molecule has 0 atom stereocenters. The molecule has 0 spiro atoms. The van der Waals surface area contributed by atoms with Gasteiger partial charge in [0.25, 0.3) is 0 Å². The summed E-state index contributed by atoms with van der Waals surface area (Å²) in [5.74, 6) is 0. The maximum Gasteiger partial charge on any atom is 3.00 e. The first kappa shape index (κ1) is 18.9. The summed E-state index contributed by atoms with van der Waals surface area (Å²) in [6.07, 6.45) is 0. The molecule has 1 nitrogen and oxygen atoms in total. The summed E-state index contributed by atoms with van der Waals surface area (Å²) in [7, 11) is 0. The minimum atomic E-state index is 0. The van der Waals surface area contributed by atoms with Gasteiger partial charge in [0.05, 0.1) is 0 Å². The Hall–Kier alpha value is -0.496. The van der Waals surface area contributed by atoms with Crippen LogP contribution in [0.1, 0.15) is 5.56 Å². The van der Waals surface area contributed by atoms with Crippen LogP contribution < -0.4 is 5.73 Å². The molecule has 0 aliphatic rings. The number of benzene rings is 2. The van der Waals surface area contributed by atoms with Gasteiger partial charge in [-0.25, -0.2) is 0 Å². The third-order valence-electron chi connectivity index (χ3n) is 1.49. The molecule has 0 aromatic heterocycles. The summed E-state index contributed by atoms with van der Waals surface area (Å²) in [5.41, 5.74) is 6.03. The van der Waals surface area contributed by atoms with Crippen molar-refractivity contribution in [3.05, 3.63) is 79.2 Å². The van der Waals surface area contributed by atoms with E-state index in [0.29, 0.717) is 6.54 Å². The Morgan fingerprint density at radius 1 is 1.00 bits per heavy atom. The molecule has 0 fully saturated rings. The van der Waals surface area contributed by atoms with Crippen molar-refractivity contribution in [1.29, 1.82) is 0 Å². The molecule has 86 valence electrons. The Balaban J connectivity index is 0. The van der Waals surface area contributed by atoms with E-state index in [2.05, 4.69) is 26.0 Å². The van der Waals surface area contributed by atoms with Crippen LogP contribution in [0.25, 0.3) is 0 Å². The summed E-state index contributed by atoms with van der Waals surface area (Å²) in [4.78, 5) is 0. The van der Waals surface area contributed by atoms with E-state index in [4.69, 9.17) is 5.73 Å². The summed E-state index contributed by atoms with van der Waals surface area (Å²) >= 11 is 0. The predicted molar refractivity (Wildman–Crippen MR) is 69.7 cm³/mol. The van der Waals surface area contributed by atoms with Gasteiger partial charge in [-0.15, -0.1) is 6.54 Å². The van der Waals surface area contributed by atoms with Crippen molar-refractivity contribution in [3.63, 3.8) is 0 Å². The van der Waals surface area contributed by atoms with E-state index in [1.807, 2.05) is 54.6 Å². The molecule has 0 unspecified atom stereocenters. The molecule has 2 N–H and O–H groups in total. The largest absolute Gasteiger partial charge is 3.00 e. The molecule has 17 heavy (non-hydrogen) atoms. The van der Waals surface area contributed by atoms with Gasteiger partial charge in [0.2, 0.25) is 0 Å². The molecule has 0 bridgehead atoms. The Morgan fingerprint density at radius 3 is 1.59 bits per heavy atom. The third kappa shape index (κ3) is 15.5. The maximum atomic E-state index is 4.74. The van der Waals surface area contributed by atoms with E-state index in [-0.39, 0.29) is 32.7 Å². The zero-order valence-electron chi connectivity index (χ0n) is 10.3. The number of rotatable bonds is 0. The first-order valence-electron chi connectivity index (χ1n) is 5.14. The van der Waals surface area contributed by atoms with Gasteiger partial charge >= 0.3 is 32.7 Å². The topological polar surface area (TPSA) is 26.0 Å². The second-order valence-corrected chi connectivity index (χ2v) is 2.94. The van der Waals surface area contributed by atoms with E-state index >= 15 is 0 Å². The van der Waals surface area contributed by atoms with E-state index in [9.17, 15) is 0 Å². The summed E-state index contributed by atoms with van der Waals surface area (Å²) in [6.45, 7) is 5.83. The van der Waals surface area contributed by atoms with Crippen molar-refractivity contribution in [2.24, 2.45) is 5.73 Å². The molecular weight excluding hydrogens is 283 g/mol. The molecule has 2 heteroatoms. The number of nitrogens with two attached hydrogens (primary N) is 1. The van der Waals surface area contributed by atoms with Crippen molar-refractivity contribution >= 4 is 0 Å². The normalized spacial score (nSPS) is 7.47. The SMILES string of the molecule is Cc1cc[c-]cc1.[CH2-]CN.[Y+3].[c-]1ccccc1. The van der Waals surface area contributed by atoms with Crippen LogP contribution in [0.15, 0.2) is 54.6 Å². The summed E-state index contributed by atoms with van der Waals surface area (Å²) in [5, 5.41) is 0. The molecule has 0 saturated carbocycles. The fourth-order valence-electron chi connectivity index (χ4n) is 0.812. The molecule has 0 radical (unpaired) electrons. The van der Waals surface area contributed by atoms with E-state index in [0.717, 1.165) is 0 Å². The van der Waals surface area contributed by atoms with Crippen molar-refractivity contribution < 1.29 is 32.7 Å². The van der Waals surface area contributed by atoms with Crippen LogP contribution in [0, 0.1) is 26.0 Å². The minimum absolute atomic E-state index is 0. The number of aryl methyl sites for hydroxylation is 1. The van der Waals surface area contributed by atoms with Crippen LogP contribution in [0.2, 0.25) is 0 Å². The van der Waals surface area contributed by atoms with Crippen LogP contribution in [0.3, 0.4) is 0 Å². The van der Waals surface area contributed by atoms with Crippen molar-refractivity contribution in [1.82, 2.24) is 0 Å². The maximum absolute atomic E-state index is 4.74. The molecule has 2 aromatic rings. The van der Waals surface area contributed by atoms with Gasteiger partial charge in [-0.3, -0.25) is 0 Å². The van der Waals surface area contributed by atoms with E-state index < -0.39 is 0 Å². The average Bonchev–Trinajstić information content (AvgIpc) is 2.34. The second-order valence-electron chi connectivity index (χ2n) is 2.94. The van der Waals surface area contributed by atoms with Gasteiger partial charge in [-0.1, -0.05) is 6.92 Å². The fraction of sp³-hybridized carbons (Fsp3) is 0.133. The van der Waals surface area contributed by atoms with Crippen molar-refractivity contribution in [2.75, 3.05) is 6.54 Å². The fourth-order valence-corrected chi connectivity index (χ4v) is 0.812. The molecule has 2 rings (SSSR count). The summed E-state index contributed by atoms with van der Waals surface area (Å²) in [6, 6.07) is 23.3. The average molecular weight is 301 g/mol. The smallest absolute Gasteiger partial charge is 0.360 e. The first-order valence-corrected chi connectivity index (χ1v) is 5.14. The first-order chi connectivity index (χ1) is 7.81. The second kappa shape index (κ2) is 15.5. The minimum Gasteiger partial charge on any atom is -0.360 e. The molecule has 0 heterocycles. The standard InChI is InChI=1S/C7H7.C6H5.C2H6N.Y/c1-7-5-3-2-4-6-7;1-2-4-6-5-3-1;1-2-3;/h3-6H,1H3;1-5H;1-3H2;/q3*-1;+3. The van der Waals surface area contributed by atoms with Crippen LogP contribution in [-0.2, 0) is 32.7 Å². The molecule has 0 aliphatic carbocycles. The quantitative estimate of drug-likeness (QED) is 0.744. The van der Waals surface area contributed by atoms with Gasteiger partial charge in [-0.05, 0) is 0 Å². The number of hydrogen-bond acceptors (Lipinski definition) is 1. The van der Waals surface area contributed by atoms with Crippen LogP contribution >= 0.6 is 0 Å². The molecule has 0 saturated heterocycles. The number of hydrogen-bond donors (Lipinski definition) is 1. The third-order valence-corrected chi connectivity index (χ3v) is 1.49. The van der Waals surface area contributed by atoms with Crippen molar-refractivity contribution in [3.8, 4) is 0 Å². The predicted octanol–water partition coefficient (Wildman–Crippen LogP) is 3.06. The van der Waals surface area contributed by atoms with Gasteiger partial charge in [0.1, 0.15) is 0 Å². The van der Waals surface area contributed by atoms with Crippen LogP contribution in [0.5, 0.6) is 0 Å². The van der Waals surface area contributed by atoms with E-state index in [1.165, 1.54) is 5.56 Å². The van der Waals surface area contributed by atoms with Crippen LogP contribution in [-0.4, -0.2) is 6.54 Å². The van der Waals surface area contributed by atoms with Crippen molar-refractivity contribution in [2.45, 2.75) is 6.92 Å². The van der Waals surface area contributed by atoms with Gasteiger partial charge in [0.15, 0.2) is 0 Å². The Kier molecular flexibility index (Phi) is 17.2. The Morgan fingerprint density at radius 2 is 1.41 bits per heavy atom. The molecular formula is C15H18NY. The van der Waals surface area contributed by atoms with Gasteiger partial charge in [0, 0.05) is 0 Å². The Labute approximate surface area is 130 Å². The van der Waals surface area contributed by atoms with E-state index in [1.54, 1.807) is 0 Å². The molecule has 2 aromatic carbocycles. The summed E-state index contributed by atoms with van der Waals surface area (Å²) < 4.78 is 0. The molecule has 0 amide bonds.